The van der Waals surface area contributed by atoms with Gasteiger partial charge < -0.3 is 4.74 Å². The molecule has 1 aliphatic heterocycles. The van der Waals surface area contributed by atoms with Crippen LogP contribution in [-0.2, 0) is 14.8 Å². The van der Waals surface area contributed by atoms with Crippen LogP contribution in [0.2, 0.25) is 5.28 Å². The van der Waals surface area contributed by atoms with Gasteiger partial charge in [0.1, 0.15) is 4.90 Å². The van der Waals surface area contributed by atoms with Crippen LogP contribution in [0, 0.1) is 0 Å². The van der Waals surface area contributed by atoms with Gasteiger partial charge >= 0.3 is 0 Å². The first-order valence-electron chi connectivity index (χ1n) is 6.12. The molecule has 1 aromatic heterocycles. The summed E-state index contributed by atoms with van der Waals surface area (Å²) in [7, 11) is -2.06. The number of sulfonamides is 1. The van der Waals surface area contributed by atoms with Gasteiger partial charge in [-0.1, -0.05) is 0 Å². The zero-order valence-corrected chi connectivity index (χ0v) is 13.4. The quantitative estimate of drug-likeness (QED) is 0.728. The number of hydrogen-bond acceptors (Lipinski definition) is 6. The van der Waals surface area contributed by atoms with E-state index in [0.717, 1.165) is 17.9 Å². The molecule has 1 atom stereocenters. The van der Waals surface area contributed by atoms with Gasteiger partial charge in [0.2, 0.25) is 15.3 Å². The summed E-state index contributed by atoms with van der Waals surface area (Å²) in [5.74, 6) is 1.78. The fourth-order valence-corrected chi connectivity index (χ4v) is 4.94. The van der Waals surface area contributed by atoms with Crippen LogP contribution in [0.3, 0.4) is 0 Å². The van der Waals surface area contributed by atoms with Crippen molar-refractivity contribution in [3.05, 3.63) is 17.7 Å². The van der Waals surface area contributed by atoms with Crippen molar-refractivity contribution in [3.63, 3.8) is 0 Å². The van der Waals surface area contributed by atoms with Gasteiger partial charge in [-0.3, -0.25) is 0 Å². The summed E-state index contributed by atoms with van der Waals surface area (Å²) in [6, 6.07) is -0.00386. The normalized spacial score (nSPS) is 19.6. The molecule has 0 spiro atoms. The number of hydrogen-bond donors (Lipinski definition) is 0. The Labute approximate surface area is 127 Å². The monoisotopic (exact) mass is 337 g/mol. The summed E-state index contributed by atoms with van der Waals surface area (Å²) < 4.78 is 31.9. The van der Waals surface area contributed by atoms with E-state index in [2.05, 4.69) is 9.97 Å². The van der Waals surface area contributed by atoms with E-state index in [4.69, 9.17) is 16.3 Å². The van der Waals surface area contributed by atoms with Gasteiger partial charge in [-0.15, -0.1) is 0 Å². The van der Waals surface area contributed by atoms with E-state index >= 15 is 0 Å². The molecule has 1 aromatic rings. The lowest BCUT2D eigenvalue weighted by atomic mass is 10.3. The maximum atomic E-state index is 12.7. The average molecular weight is 338 g/mol. The van der Waals surface area contributed by atoms with E-state index in [1.807, 2.05) is 0 Å². The van der Waals surface area contributed by atoms with E-state index in [9.17, 15) is 8.42 Å². The number of nitrogens with zero attached hydrogens (tertiary/aromatic N) is 3. The first-order valence-corrected chi connectivity index (χ1v) is 9.09. The molecule has 0 N–H and O–H groups in total. The van der Waals surface area contributed by atoms with Crippen LogP contribution in [0.5, 0.6) is 0 Å². The van der Waals surface area contributed by atoms with Crippen molar-refractivity contribution in [2.75, 3.05) is 31.8 Å². The maximum absolute atomic E-state index is 12.7. The molecule has 0 bridgehead atoms. The highest BCUT2D eigenvalue weighted by atomic mass is 35.5. The number of methoxy groups -OCH3 is 1. The van der Waals surface area contributed by atoms with Gasteiger partial charge in [0, 0.05) is 25.4 Å². The zero-order valence-electron chi connectivity index (χ0n) is 11.0. The summed E-state index contributed by atoms with van der Waals surface area (Å²) in [6.07, 6.45) is 3.33. The Balaban J connectivity index is 2.27. The van der Waals surface area contributed by atoms with Crippen LogP contribution in [0.1, 0.15) is 6.42 Å². The van der Waals surface area contributed by atoms with Gasteiger partial charge in [-0.2, -0.15) is 16.1 Å². The smallest absolute Gasteiger partial charge is 0.246 e. The van der Waals surface area contributed by atoms with Crippen molar-refractivity contribution in [2.45, 2.75) is 17.4 Å². The predicted octanol–water partition coefficient (Wildman–Crippen LogP) is 1.27. The minimum atomic E-state index is -3.62. The molecule has 2 rings (SSSR count). The molecular weight excluding hydrogens is 322 g/mol. The second kappa shape index (κ2) is 7.04. The highest BCUT2D eigenvalue weighted by Gasteiger charge is 2.33. The molecule has 0 aliphatic carbocycles. The Morgan fingerprint density at radius 3 is 2.75 bits per heavy atom. The molecule has 1 aliphatic rings. The Morgan fingerprint density at radius 2 is 2.20 bits per heavy atom. The predicted molar refractivity (Wildman–Crippen MR) is 78.5 cm³/mol. The van der Waals surface area contributed by atoms with Crippen molar-refractivity contribution < 1.29 is 13.2 Å². The molecule has 20 heavy (non-hydrogen) atoms. The summed E-state index contributed by atoms with van der Waals surface area (Å²) in [5, 5.41) is 0.0313. The Kier molecular flexibility index (Phi) is 5.62. The molecular formula is C11H16ClN3O3S2. The first-order chi connectivity index (χ1) is 9.55. The molecule has 6 nitrogen and oxygen atoms in total. The SMILES string of the molecule is COCCN(C1CCSC1)S(=O)(=O)c1cnc(Cl)nc1. The van der Waals surface area contributed by atoms with Crippen molar-refractivity contribution in [1.82, 2.24) is 14.3 Å². The minimum absolute atomic E-state index is 0.00386. The molecule has 9 heteroatoms. The Bertz CT molecular complexity index is 532. The highest BCUT2D eigenvalue weighted by Crippen LogP contribution is 2.27. The van der Waals surface area contributed by atoms with E-state index in [1.165, 1.54) is 16.7 Å². The molecule has 0 aromatic carbocycles. The van der Waals surface area contributed by atoms with Gasteiger partial charge in [0.15, 0.2) is 0 Å². The van der Waals surface area contributed by atoms with Crippen molar-refractivity contribution in [3.8, 4) is 0 Å². The second-order valence-corrected chi connectivity index (χ2v) is 7.69. The molecule has 112 valence electrons. The second-order valence-electron chi connectivity index (χ2n) is 4.31. The zero-order chi connectivity index (χ0) is 14.6. The third kappa shape index (κ3) is 3.62. The van der Waals surface area contributed by atoms with Crippen LogP contribution in [0.4, 0.5) is 0 Å². The number of thioether (sulfide) groups is 1. The van der Waals surface area contributed by atoms with Gasteiger partial charge in [-0.25, -0.2) is 18.4 Å². The van der Waals surface area contributed by atoms with Gasteiger partial charge in [-0.05, 0) is 23.8 Å². The number of aromatic nitrogens is 2. The summed E-state index contributed by atoms with van der Waals surface area (Å²) in [5.41, 5.74) is 0. The molecule has 1 saturated heterocycles. The van der Waals surface area contributed by atoms with Crippen molar-refractivity contribution in [1.29, 1.82) is 0 Å². The molecule has 0 radical (unpaired) electrons. The largest absolute Gasteiger partial charge is 0.383 e. The lowest BCUT2D eigenvalue weighted by Gasteiger charge is -2.27. The fourth-order valence-electron chi connectivity index (χ4n) is 2.00. The van der Waals surface area contributed by atoms with E-state index in [-0.39, 0.29) is 16.2 Å². The van der Waals surface area contributed by atoms with E-state index in [0.29, 0.717) is 13.2 Å². The van der Waals surface area contributed by atoms with Gasteiger partial charge in [0.05, 0.1) is 19.0 Å². The number of rotatable bonds is 6. The Morgan fingerprint density at radius 1 is 1.50 bits per heavy atom. The third-order valence-electron chi connectivity index (χ3n) is 3.03. The molecule has 2 heterocycles. The molecule has 0 amide bonds. The van der Waals surface area contributed by atoms with Crippen molar-refractivity contribution >= 4 is 33.4 Å². The third-order valence-corrected chi connectivity index (χ3v) is 6.28. The summed E-state index contributed by atoms with van der Waals surface area (Å²) in [4.78, 5) is 7.56. The first kappa shape index (κ1) is 16.0. The maximum Gasteiger partial charge on any atom is 0.246 e. The topological polar surface area (TPSA) is 72.4 Å². The van der Waals surface area contributed by atoms with E-state index < -0.39 is 10.0 Å². The van der Waals surface area contributed by atoms with E-state index in [1.54, 1.807) is 18.9 Å². The Hall–Kier alpha value is -0.410. The highest BCUT2D eigenvalue weighted by molar-refractivity contribution is 7.99. The molecule has 1 unspecified atom stereocenters. The van der Waals surface area contributed by atoms with Crippen LogP contribution in [-0.4, -0.2) is 60.5 Å². The standard InChI is InChI=1S/C11H16ClN3O3S2/c1-18-4-3-15(9-2-5-19-8-9)20(16,17)10-6-13-11(12)14-7-10/h6-7,9H,2-5,8H2,1H3. The van der Waals surface area contributed by atoms with Crippen LogP contribution in [0.25, 0.3) is 0 Å². The number of halogens is 1. The summed E-state index contributed by atoms with van der Waals surface area (Å²) >= 11 is 7.36. The fraction of sp³-hybridized carbons (Fsp3) is 0.636. The van der Waals surface area contributed by atoms with Crippen molar-refractivity contribution in [2.24, 2.45) is 0 Å². The molecule has 1 fully saturated rings. The average Bonchev–Trinajstić information content (AvgIpc) is 2.93. The van der Waals surface area contributed by atoms with Crippen LogP contribution < -0.4 is 0 Å². The number of ether oxygens (including phenoxy) is 1. The van der Waals surface area contributed by atoms with Gasteiger partial charge in [0.25, 0.3) is 0 Å². The summed E-state index contributed by atoms with van der Waals surface area (Å²) in [6.45, 7) is 0.682. The minimum Gasteiger partial charge on any atom is -0.383 e. The lowest BCUT2D eigenvalue weighted by molar-refractivity contribution is 0.169. The molecule has 0 saturated carbocycles. The van der Waals surface area contributed by atoms with Crippen LogP contribution >= 0.6 is 23.4 Å². The lowest BCUT2D eigenvalue weighted by Crippen LogP contribution is -2.42. The van der Waals surface area contributed by atoms with Crippen LogP contribution in [0.15, 0.2) is 17.3 Å².